The van der Waals surface area contributed by atoms with Gasteiger partial charge in [0.15, 0.2) is 5.76 Å². The summed E-state index contributed by atoms with van der Waals surface area (Å²) >= 11 is 3.40. The molecule has 0 bridgehead atoms. The summed E-state index contributed by atoms with van der Waals surface area (Å²) in [4.78, 5) is 23.4. The number of rotatable bonds is 5. The number of hydrogen-bond donors (Lipinski definition) is 2. The van der Waals surface area contributed by atoms with Crippen LogP contribution < -0.4 is 10.6 Å². The summed E-state index contributed by atoms with van der Waals surface area (Å²) in [5, 5.41) is 5.41. The van der Waals surface area contributed by atoms with Gasteiger partial charge in [0.1, 0.15) is 0 Å². The first-order chi connectivity index (χ1) is 10.1. The van der Waals surface area contributed by atoms with Crippen molar-refractivity contribution in [1.29, 1.82) is 0 Å². The second-order valence-corrected chi connectivity index (χ2v) is 5.35. The third-order valence-corrected chi connectivity index (χ3v) is 3.71. The zero-order valence-electron chi connectivity index (χ0n) is 11.5. The summed E-state index contributed by atoms with van der Waals surface area (Å²) in [5.41, 5.74) is 1.77. The van der Waals surface area contributed by atoms with Crippen LogP contribution in [0, 0.1) is 6.92 Å². The summed E-state index contributed by atoms with van der Waals surface area (Å²) in [5.74, 6) is -0.248. The van der Waals surface area contributed by atoms with Crippen molar-refractivity contribution in [3.05, 3.63) is 52.4 Å². The second kappa shape index (κ2) is 7.08. The lowest BCUT2D eigenvalue weighted by molar-refractivity contribution is -0.116. The average molecular weight is 351 g/mol. The highest BCUT2D eigenvalue weighted by Gasteiger charge is 2.09. The lowest BCUT2D eigenvalue weighted by Crippen LogP contribution is -2.27. The predicted octanol–water partition coefficient (Wildman–Crippen LogP) is 3.11. The van der Waals surface area contributed by atoms with Crippen molar-refractivity contribution in [1.82, 2.24) is 5.32 Å². The van der Waals surface area contributed by atoms with Crippen LogP contribution in [0.15, 0.2) is 45.5 Å². The molecule has 0 radical (unpaired) electrons. The number of carbonyl (C=O) groups excluding carboxylic acids is 2. The number of aryl methyl sites for hydroxylation is 1. The molecule has 1 heterocycles. The van der Waals surface area contributed by atoms with E-state index in [1.165, 1.54) is 6.26 Å². The Kier molecular flexibility index (Phi) is 5.16. The van der Waals surface area contributed by atoms with E-state index >= 15 is 0 Å². The molecule has 1 aromatic carbocycles. The SMILES string of the molecule is Cc1cc(NC(=O)CCNC(=O)c2ccco2)ccc1Br. The summed E-state index contributed by atoms with van der Waals surface area (Å²) < 4.78 is 5.95. The van der Waals surface area contributed by atoms with E-state index in [9.17, 15) is 9.59 Å². The average Bonchev–Trinajstić information content (AvgIpc) is 2.97. The molecule has 2 aromatic rings. The third kappa shape index (κ3) is 4.46. The molecule has 0 aliphatic heterocycles. The van der Waals surface area contributed by atoms with E-state index in [0.717, 1.165) is 15.7 Å². The van der Waals surface area contributed by atoms with E-state index in [1.807, 2.05) is 25.1 Å². The first kappa shape index (κ1) is 15.3. The van der Waals surface area contributed by atoms with Crippen LogP contribution in [0.25, 0.3) is 0 Å². The number of hydrogen-bond acceptors (Lipinski definition) is 3. The number of amides is 2. The Bertz CT molecular complexity index is 638. The normalized spacial score (nSPS) is 10.2. The highest BCUT2D eigenvalue weighted by molar-refractivity contribution is 9.10. The van der Waals surface area contributed by atoms with Crippen LogP contribution in [0.4, 0.5) is 5.69 Å². The smallest absolute Gasteiger partial charge is 0.286 e. The van der Waals surface area contributed by atoms with Crippen LogP contribution in [0.2, 0.25) is 0 Å². The molecule has 110 valence electrons. The maximum atomic E-state index is 11.8. The maximum absolute atomic E-state index is 11.8. The van der Waals surface area contributed by atoms with Gasteiger partial charge in [-0.25, -0.2) is 0 Å². The van der Waals surface area contributed by atoms with Gasteiger partial charge in [-0.05, 0) is 42.8 Å². The van der Waals surface area contributed by atoms with E-state index in [-0.39, 0.29) is 30.5 Å². The number of anilines is 1. The zero-order valence-corrected chi connectivity index (χ0v) is 13.1. The number of halogens is 1. The minimum atomic E-state index is -0.327. The number of carbonyl (C=O) groups is 2. The van der Waals surface area contributed by atoms with Crippen molar-refractivity contribution in [2.45, 2.75) is 13.3 Å². The molecule has 2 N–H and O–H groups in total. The number of benzene rings is 1. The lowest BCUT2D eigenvalue weighted by atomic mass is 10.2. The Morgan fingerprint density at radius 2 is 2.10 bits per heavy atom. The van der Waals surface area contributed by atoms with Crippen LogP contribution in [-0.2, 0) is 4.79 Å². The van der Waals surface area contributed by atoms with Gasteiger partial charge < -0.3 is 15.1 Å². The van der Waals surface area contributed by atoms with Gasteiger partial charge in [-0.2, -0.15) is 0 Å². The Balaban J connectivity index is 1.77. The minimum Gasteiger partial charge on any atom is -0.459 e. The van der Waals surface area contributed by atoms with Gasteiger partial charge in [0.05, 0.1) is 6.26 Å². The molecule has 1 aromatic heterocycles. The van der Waals surface area contributed by atoms with Crippen LogP contribution in [-0.4, -0.2) is 18.4 Å². The molecule has 0 unspecified atom stereocenters. The summed E-state index contributed by atoms with van der Waals surface area (Å²) in [6, 6.07) is 8.78. The molecule has 0 aliphatic carbocycles. The molecule has 21 heavy (non-hydrogen) atoms. The van der Waals surface area contributed by atoms with Crippen LogP contribution in [0.1, 0.15) is 22.5 Å². The maximum Gasteiger partial charge on any atom is 0.286 e. The lowest BCUT2D eigenvalue weighted by Gasteiger charge is -2.07. The van der Waals surface area contributed by atoms with Gasteiger partial charge in [-0.3, -0.25) is 9.59 Å². The standard InChI is InChI=1S/C15H15BrN2O3/c1-10-9-11(4-5-12(10)16)18-14(19)6-7-17-15(20)13-3-2-8-21-13/h2-5,8-9H,6-7H2,1H3,(H,17,20)(H,18,19). The summed E-state index contributed by atoms with van der Waals surface area (Å²) in [6.45, 7) is 2.20. The molecule has 0 spiro atoms. The molecule has 0 atom stereocenters. The molecule has 0 fully saturated rings. The predicted molar refractivity (Wildman–Crippen MR) is 83.2 cm³/mol. The first-order valence-electron chi connectivity index (χ1n) is 6.44. The molecular weight excluding hydrogens is 336 g/mol. The van der Waals surface area contributed by atoms with E-state index in [0.29, 0.717) is 0 Å². The molecule has 0 saturated heterocycles. The Morgan fingerprint density at radius 3 is 2.76 bits per heavy atom. The van der Waals surface area contributed by atoms with Gasteiger partial charge >= 0.3 is 0 Å². The van der Waals surface area contributed by atoms with E-state index in [1.54, 1.807) is 12.1 Å². The van der Waals surface area contributed by atoms with Gasteiger partial charge in [-0.15, -0.1) is 0 Å². The van der Waals surface area contributed by atoms with Crippen LogP contribution in [0.5, 0.6) is 0 Å². The fourth-order valence-electron chi connectivity index (χ4n) is 1.73. The third-order valence-electron chi connectivity index (χ3n) is 2.82. The van der Waals surface area contributed by atoms with Crippen molar-refractivity contribution < 1.29 is 14.0 Å². The van der Waals surface area contributed by atoms with Crippen molar-refractivity contribution in [2.75, 3.05) is 11.9 Å². The molecular formula is C15H15BrN2O3. The van der Waals surface area contributed by atoms with E-state index in [2.05, 4.69) is 26.6 Å². The largest absolute Gasteiger partial charge is 0.459 e. The van der Waals surface area contributed by atoms with Gasteiger partial charge in [0.25, 0.3) is 5.91 Å². The van der Waals surface area contributed by atoms with Crippen molar-refractivity contribution in [3.8, 4) is 0 Å². The number of furan rings is 1. The Morgan fingerprint density at radius 1 is 1.29 bits per heavy atom. The van der Waals surface area contributed by atoms with E-state index < -0.39 is 0 Å². The van der Waals surface area contributed by atoms with Crippen LogP contribution in [0.3, 0.4) is 0 Å². The summed E-state index contributed by atoms with van der Waals surface area (Å²) in [7, 11) is 0. The van der Waals surface area contributed by atoms with Crippen LogP contribution >= 0.6 is 15.9 Å². The van der Waals surface area contributed by atoms with E-state index in [4.69, 9.17) is 4.42 Å². The molecule has 6 heteroatoms. The molecule has 2 rings (SSSR count). The van der Waals surface area contributed by atoms with Gasteiger partial charge in [0.2, 0.25) is 5.91 Å². The minimum absolute atomic E-state index is 0.156. The second-order valence-electron chi connectivity index (χ2n) is 4.50. The molecule has 0 saturated carbocycles. The quantitative estimate of drug-likeness (QED) is 0.870. The number of nitrogens with one attached hydrogen (secondary N) is 2. The monoisotopic (exact) mass is 350 g/mol. The van der Waals surface area contributed by atoms with Gasteiger partial charge in [-0.1, -0.05) is 15.9 Å². The molecule has 2 amide bonds. The molecule has 5 nitrogen and oxygen atoms in total. The Hall–Kier alpha value is -2.08. The van der Waals surface area contributed by atoms with Gasteiger partial charge in [0, 0.05) is 23.1 Å². The van der Waals surface area contributed by atoms with Crippen molar-refractivity contribution in [3.63, 3.8) is 0 Å². The fourth-order valence-corrected chi connectivity index (χ4v) is 1.98. The highest BCUT2D eigenvalue weighted by atomic mass is 79.9. The zero-order chi connectivity index (χ0) is 15.2. The van der Waals surface area contributed by atoms with Crippen molar-refractivity contribution in [2.24, 2.45) is 0 Å². The highest BCUT2D eigenvalue weighted by Crippen LogP contribution is 2.19. The molecule has 0 aliphatic rings. The topological polar surface area (TPSA) is 71.3 Å². The first-order valence-corrected chi connectivity index (χ1v) is 7.23. The van der Waals surface area contributed by atoms with Crippen molar-refractivity contribution >= 4 is 33.4 Å². The summed E-state index contributed by atoms with van der Waals surface area (Å²) in [6.07, 6.45) is 1.62. The Labute approximate surface area is 130 Å². The fraction of sp³-hybridized carbons (Fsp3) is 0.200.